The Bertz CT molecular complexity index is 441. The van der Waals surface area contributed by atoms with Crippen LogP contribution in [0.2, 0.25) is 5.02 Å². The van der Waals surface area contributed by atoms with E-state index >= 15 is 0 Å². The van der Waals surface area contributed by atoms with Crippen LogP contribution in [0.1, 0.15) is 12.5 Å². The molecule has 20 heavy (non-hydrogen) atoms. The molecule has 0 radical (unpaired) electrons. The zero-order valence-corrected chi connectivity index (χ0v) is 13.0. The van der Waals surface area contributed by atoms with Crippen LogP contribution in [0.5, 0.6) is 0 Å². The molecule has 2 rings (SSSR count). The van der Waals surface area contributed by atoms with Crippen molar-refractivity contribution in [1.29, 1.82) is 0 Å². The Morgan fingerprint density at radius 1 is 1.25 bits per heavy atom. The van der Waals surface area contributed by atoms with E-state index in [1.54, 1.807) is 11.9 Å². The molecule has 4 nitrogen and oxygen atoms in total. The van der Waals surface area contributed by atoms with Crippen LogP contribution in [0, 0.1) is 0 Å². The quantitative estimate of drug-likeness (QED) is 0.639. The van der Waals surface area contributed by atoms with Crippen LogP contribution in [0.4, 0.5) is 0 Å². The van der Waals surface area contributed by atoms with Crippen LogP contribution in [0.3, 0.4) is 0 Å². The molecular formula is C15H24ClN3O+2. The van der Waals surface area contributed by atoms with Gasteiger partial charge in [0, 0.05) is 17.6 Å². The van der Waals surface area contributed by atoms with E-state index in [4.69, 9.17) is 11.6 Å². The molecule has 1 aromatic carbocycles. The Morgan fingerprint density at radius 2 is 1.85 bits per heavy atom. The number of quaternary nitrogens is 2. The van der Waals surface area contributed by atoms with E-state index in [0.717, 1.165) is 37.7 Å². The van der Waals surface area contributed by atoms with Gasteiger partial charge in [0.05, 0.1) is 0 Å². The van der Waals surface area contributed by atoms with Crippen molar-refractivity contribution in [2.24, 2.45) is 0 Å². The third-order valence-electron chi connectivity index (χ3n) is 4.22. The minimum Gasteiger partial charge on any atom is -0.354 e. The molecule has 110 valence electrons. The predicted octanol–water partition coefficient (Wildman–Crippen LogP) is -1.24. The van der Waals surface area contributed by atoms with Gasteiger partial charge in [0.25, 0.3) is 5.91 Å². The fourth-order valence-corrected chi connectivity index (χ4v) is 2.95. The summed E-state index contributed by atoms with van der Waals surface area (Å²) in [5.41, 5.74) is 1.33. The predicted molar refractivity (Wildman–Crippen MR) is 80.1 cm³/mol. The first-order valence-corrected chi connectivity index (χ1v) is 7.62. The van der Waals surface area contributed by atoms with Gasteiger partial charge in [0.15, 0.2) is 6.04 Å². The summed E-state index contributed by atoms with van der Waals surface area (Å²) in [4.78, 5) is 14.6. The highest BCUT2D eigenvalue weighted by Crippen LogP contribution is 2.08. The minimum absolute atomic E-state index is 0.0529. The third kappa shape index (κ3) is 3.95. The smallest absolute Gasteiger partial charge is 0.277 e. The highest BCUT2D eigenvalue weighted by atomic mass is 35.5. The maximum atomic E-state index is 11.7. The fraction of sp³-hybridized carbons (Fsp3) is 0.533. The SMILES string of the molecule is CNC(=O)[C@@H](C)[NH+]1CC[NH+](Cc2ccc(Cl)cc2)CC1. The lowest BCUT2D eigenvalue weighted by Crippen LogP contribution is -3.29. The van der Waals surface area contributed by atoms with Crippen molar-refractivity contribution < 1.29 is 14.6 Å². The number of halogens is 1. The first-order chi connectivity index (χ1) is 9.60. The van der Waals surface area contributed by atoms with Gasteiger partial charge in [-0.05, 0) is 19.1 Å². The molecule has 1 aliphatic rings. The number of piperazine rings is 1. The molecule has 0 aromatic heterocycles. The van der Waals surface area contributed by atoms with Gasteiger partial charge in [-0.2, -0.15) is 0 Å². The molecule has 1 aromatic rings. The Hall–Kier alpha value is -1.10. The van der Waals surface area contributed by atoms with Crippen molar-refractivity contribution in [3.8, 4) is 0 Å². The van der Waals surface area contributed by atoms with Crippen molar-refractivity contribution in [3.63, 3.8) is 0 Å². The van der Waals surface area contributed by atoms with E-state index in [1.807, 2.05) is 19.1 Å². The lowest BCUT2D eigenvalue weighted by Gasteiger charge is -2.32. The molecule has 1 heterocycles. The summed E-state index contributed by atoms with van der Waals surface area (Å²) in [6.07, 6.45) is 0. The summed E-state index contributed by atoms with van der Waals surface area (Å²) in [6.45, 7) is 7.38. The minimum atomic E-state index is 0.0529. The van der Waals surface area contributed by atoms with Crippen LogP contribution in [-0.2, 0) is 11.3 Å². The normalized spacial score (nSPS) is 24.1. The second-order valence-corrected chi connectivity index (χ2v) is 5.98. The topological polar surface area (TPSA) is 38.0 Å². The summed E-state index contributed by atoms with van der Waals surface area (Å²) in [5.74, 6) is 0.140. The maximum absolute atomic E-state index is 11.7. The first kappa shape index (κ1) is 15.3. The summed E-state index contributed by atoms with van der Waals surface area (Å²) >= 11 is 5.90. The van der Waals surface area contributed by atoms with Crippen LogP contribution in [-0.4, -0.2) is 45.2 Å². The van der Waals surface area contributed by atoms with E-state index in [-0.39, 0.29) is 11.9 Å². The molecular weight excluding hydrogens is 274 g/mol. The Morgan fingerprint density at radius 3 is 2.40 bits per heavy atom. The summed E-state index contributed by atoms with van der Waals surface area (Å²) in [7, 11) is 1.71. The van der Waals surface area contributed by atoms with E-state index < -0.39 is 0 Å². The van der Waals surface area contributed by atoms with Crippen molar-refractivity contribution in [3.05, 3.63) is 34.9 Å². The zero-order valence-electron chi connectivity index (χ0n) is 12.2. The van der Waals surface area contributed by atoms with Crippen molar-refractivity contribution >= 4 is 17.5 Å². The number of carbonyl (C=O) groups is 1. The van der Waals surface area contributed by atoms with Gasteiger partial charge >= 0.3 is 0 Å². The number of nitrogens with one attached hydrogen (secondary N) is 3. The third-order valence-corrected chi connectivity index (χ3v) is 4.47. The van der Waals surface area contributed by atoms with Crippen LogP contribution in [0.25, 0.3) is 0 Å². The number of amides is 1. The molecule has 5 heteroatoms. The summed E-state index contributed by atoms with van der Waals surface area (Å²) in [6, 6.07) is 8.15. The van der Waals surface area contributed by atoms with Gasteiger partial charge in [-0.25, -0.2) is 0 Å². The number of hydrogen-bond donors (Lipinski definition) is 3. The van der Waals surface area contributed by atoms with Crippen LogP contribution >= 0.6 is 11.6 Å². The van der Waals surface area contributed by atoms with Crippen molar-refractivity contribution in [1.82, 2.24) is 5.32 Å². The number of benzene rings is 1. The largest absolute Gasteiger partial charge is 0.354 e. The lowest BCUT2D eigenvalue weighted by atomic mass is 10.1. The second-order valence-electron chi connectivity index (χ2n) is 5.55. The maximum Gasteiger partial charge on any atom is 0.277 e. The van der Waals surface area contributed by atoms with Gasteiger partial charge < -0.3 is 15.1 Å². The molecule has 1 amide bonds. The molecule has 0 spiro atoms. The van der Waals surface area contributed by atoms with E-state index in [9.17, 15) is 4.79 Å². The van der Waals surface area contributed by atoms with Crippen molar-refractivity contribution in [2.45, 2.75) is 19.5 Å². The first-order valence-electron chi connectivity index (χ1n) is 7.24. The molecule has 1 saturated heterocycles. The number of likely N-dealkylation sites (N-methyl/N-ethyl adjacent to an activating group) is 1. The molecule has 0 aliphatic carbocycles. The Labute approximate surface area is 125 Å². The average Bonchev–Trinajstić information content (AvgIpc) is 2.49. The standard InChI is InChI=1S/C15H22ClN3O/c1-12(15(20)17-2)19-9-7-18(8-10-19)11-13-3-5-14(16)6-4-13/h3-6,12H,7-11H2,1-2H3,(H,17,20)/p+2/t12-/m1/s1. The highest BCUT2D eigenvalue weighted by molar-refractivity contribution is 6.30. The van der Waals surface area contributed by atoms with E-state index in [0.29, 0.717) is 0 Å². The van der Waals surface area contributed by atoms with Crippen LogP contribution in [0.15, 0.2) is 24.3 Å². The molecule has 0 bridgehead atoms. The fourth-order valence-electron chi connectivity index (χ4n) is 2.83. The number of rotatable bonds is 4. The Kier molecular flexibility index (Phi) is 5.40. The Balaban J connectivity index is 1.82. The molecule has 3 N–H and O–H groups in total. The van der Waals surface area contributed by atoms with Gasteiger partial charge in [-0.15, -0.1) is 0 Å². The molecule has 0 saturated carbocycles. The van der Waals surface area contributed by atoms with Gasteiger partial charge in [0.2, 0.25) is 0 Å². The van der Waals surface area contributed by atoms with E-state index in [2.05, 4.69) is 17.4 Å². The summed E-state index contributed by atoms with van der Waals surface area (Å²) < 4.78 is 0. The molecule has 1 aliphatic heterocycles. The van der Waals surface area contributed by atoms with Gasteiger partial charge in [0.1, 0.15) is 32.7 Å². The molecule has 0 unspecified atom stereocenters. The highest BCUT2D eigenvalue weighted by Gasteiger charge is 2.30. The second kappa shape index (κ2) is 7.07. The zero-order chi connectivity index (χ0) is 14.5. The monoisotopic (exact) mass is 297 g/mol. The molecule has 1 atom stereocenters. The molecule has 1 fully saturated rings. The number of hydrogen-bond acceptors (Lipinski definition) is 1. The van der Waals surface area contributed by atoms with Gasteiger partial charge in [-0.3, -0.25) is 4.79 Å². The van der Waals surface area contributed by atoms with Crippen molar-refractivity contribution in [2.75, 3.05) is 33.2 Å². The lowest BCUT2D eigenvalue weighted by molar-refractivity contribution is -1.02. The van der Waals surface area contributed by atoms with Gasteiger partial charge in [-0.1, -0.05) is 23.7 Å². The van der Waals surface area contributed by atoms with Crippen LogP contribution < -0.4 is 15.1 Å². The van der Waals surface area contributed by atoms with E-state index in [1.165, 1.54) is 10.5 Å². The average molecular weight is 298 g/mol. The number of carbonyl (C=O) groups excluding carboxylic acids is 1. The summed E-state index contributed by atoms with van der Waals surface area (Å²) in [5, 5.41) is 3.53.